The van der Waals surface area contributed by atoms with Crippen molar-refractivity contribution in [2.24, 2.45) is 17.6 Å². The smallest absolute Gasteiger partial charge is 0.381 e. The van der Waals surface area contributed by atoms with Crippen molar-refractivity contribution in [2.75, 3.05) is 13.7 Å². The van der Waals surface area contributed by atoms with E-state index in [1.807, 2.05) is 0 Å². The van der Waals surface area contributed by atoms with Gasteiger partial charge in [0.1, 0.15) is 11.0 Å². The molecule has 2 aliphatic heterocycles. The average molecular weight is 402 g/mol. The zero-order chi connectivity index (χ0) is 20.0. The van der Waals surface area contributed by atoms with Crippen molar-refractivity contribution in [1.29, 1.82) is 0 Å². The maximum Gasteiger partial charge on any atom is 0.412 e. The number of primary amides is 1. The third kappa shape index (κ3) is 3.88. The third-order valence-electron chi connectivity index (χ3n) is 6.14. The molecule has 1 aliphatic carbocycles. The highest BCUT2D eigenvalue weighted by Crippen LogP contribution is 2.60. The molecule has 0 aromatic heterocycles. The Labute approximate surface area is 164 Å². The van der Waals surface area contributed by atoms with Gasteiger partial charge in [0.05, 0.1) is 24.4 Å². The van der Waals surface area contributed by atoms with Gasteiger partial charge in [-0.15, -0.1) is 11.6 Å². The van der Waals surface area contributed by atoms with Crippen LogP contribution in [0.25, 0.3) is 0 Å². The first-order valence-corrected chi connectivity index (χ1v) is 9.71. The Hall–Kier alpha value is -1.15. The van der Waals surface area contributed by atoms with E-state index < -0.39 is 23.0 Å². The van der Waals surface area contributed by atoms with Crippen molar-refractivity contribution in [2.45, 2.75) is 68.8 Å². The fraction of sp³-hybridized carbons (Fsp3) is 0.789. The van der Waals surface area contributed by atoms with Crippen LogP contribution in [0, 0.1) is 11.8 Å². The van der Waals surface area contributed by atoms with Gasteiger partial charge in [0.15, 0.2) is 0 Å². The van der Waals surface area contributed by atoms with Crippen LogP contribution in [0.3, 0.4) is 0 Å². The van der Waals surface area contributed by atoms with Crippen molar-refractivity contribution in [3.8, 4) is 0 Å². The molecule has 2 N–H and O–H groups in total. The number of allylic oxidation sites excluding steroid dienone is 1. The molecule has 1 spiro atoms. The summed E-state index contributed by atoms with van der Waals surface area (Å²) in [7, 11) is 1.60. The minimum atomic E-state index is -1.16. The van der Waals surface area contributed by atoms with E-state index in [1.165, 1.54) is 5.57 Å². The molecule has 2 heterocycles. The highest BCUT2D eigenvalue weighted by Gasteiger charge is 2.72. The van der Waals surface area contributed by atoms with Gasteiger partial charge in [-0.05, 0) is 40.0 Å². The van der Waals surface area contributed by atoms with Crippen LogP contribution in [0.1, 0.15) is 40.0 Å². The number of epoxide rings is 2. The van der Waals surface area contributed by atoms with Crippen LogP contribution in [-0.4, -0.2) is 54.6 Å². The van der Waals surface area contributed by atoms with Crippen molar-refractivity contribution in [1.82, 2.24) is 0 Å². The van der Waals surface area contributed by atoms with E-state index in [0.29, 0.717) is 13.0 Å². The predicted molar refractivity (Wildman–Crippen MR) is 98.3 cm³/mol. The lowest BCUT2D eigenvalue weighted by Crippen LogP contribution is -2.55. The van der Waals surface area contributed by atoms with Gasteiger partial charge < -0.3 is 24.7 Å². The summed E-state index contributed by atoms with van der Waals surface area (Å²) in [5.41, 5.74) is 5.48. The molecule has 8 heteroatoms. The summed E-state index contributed by atoms with van der Waals surface area (Å²) in [6.45, 7) is 6.84. The van der Waals surface area contributed by atoms with Gasteiger partial charge in [0.2, 0.25) is 0 Å². The molecule has 0 radical (unpaired) electrons. The topological polar surface area (TPSA) is 104 Å². The third-order valence-corrected chi connectivity index (χ3v) is 6.65. The maximum absolute atomic E-state index is 12.1. The molecule has 0 aromatic rings. The van der Waals surface area contributed by atoms with E-state index in [4.69, 9.17) is 31.5 Å². The molecule has 27 heavy (non-hydrogen) atoms. The molecule has 0 aromatic carbocycles. The Balaban J connectivity index is 1.80. The summed E-state index contributed by atoms with van der Waals surface area (Å²) in [4.78, 5) is 23.0. The van der Waals surface area contributed by atoms with Crippen molar-refractivity contribution in [3.63, 3.8) is 0 Å². The summed E-state index contributed by atoms with van der Waals surface area (Å²) in [6, 6.07) is 0. The Morgan fingerprint density at radius 2 is 2.07 bits per heavy atom. The first-order valence-electron chi connectivity index (χ1n) is 9.28. The molecule has 7 nitrogen and oxygen atoms in total. The lowest BCUT2D eigenvalue weighted by atomic mass is 9.64. The van der Waals surface area contributed by atoms with E-state index in [-0.39, 0.29) is 29.6 Å². The summed E-state index contributed by atoms with van der Waals surface area (Å²) >= 11 is 6.36. The van der Waals surface area contributed by atoms with Crippen LogP contribution in [0.5, 0.6) is 0 Å². The summed E-state index contributed by atoms with van der Waals surface area (Å²) in [5, 5.41) is -1.03. The molecular formula is C19H28ClNO6. The van der Waals surface area contributed by atoms with Crippen molar-refractivity contribution in [3.05, 3.63) is 11.6 Å². The number of methoxy groups -OCH3 is 1. The molecule has 0 bridgehead atoms. The van der Waals surface area contributed by atoms with E-state index in [9.17, 15) is 9.59 Å². The number of nitrogens with two attached hydrogens (primary N) is 1. The molecule has 3 aliphatic rings. The van der Waals surface area contributed by atoms with Gasteiger partial charge in [-0.25, -0.2) is 9.59 Å². The second-order valence-electron chi connectivity index (χ2n) is 8.18. The number of hydrogen-bond acceptors (Lipinski definition) is 6. The van der Waals surface area contributed by atoms with E-state index in [1.54, 1.807) is 7.11 Å². The number of ether oxygens (including phenoxy) is 4. The van der Waals surface area contributed by atoms with Crippen molar-refractivity contribution >= 4 is 23.7 Å². The minimum absolute atomic E-state index is 0.0630. The fourth-order valence-electron chi connectivity index (χ4n) is 4.67. The van der Waals surface area contributed by atoms with Crippen LogP contribution < -0.4 is 5.73 Å². The van der Waals surface area contributed by atoms with Gasteiger partial charge in [-0.2, -0.15) is 0 Å². The number of hydrogen-bond donors (Lipinski definition) is 1. The van der Waals surface area contributed by atoms with Crippen LogP contribution in [-0.2, 0) is 23.7 Å². The fourth-order valence-corrected chi connectivity index (χ4v) is 4.98. The maximum atomic E-state index is 12.1. The van der Waals surface area contributed by atoms with Gasteiger partial charge in [-0.1, -0.05) is 11.6 Å². The number of carbonyl (C=O) groups is 2. The molecule has 1 unspecified atom stereocenters. The highest BCUT2D eigenvalue weighted by atomic mass is 35.5. The molecule has 1 saturated carbocycles. The largest absolute Gasteiger partial charge is 0.412 e. The number of alkyl halides is 1. The normalized spacial score (nSPS) is 40.9. The predicted octanol–water partition coefficient (Wildman–Crippen LogP) is 2.54. The van der Waals surface area contributed by atoms with E-state index in [2.05, 4.69) is 31.6 Å². The summed E-state index contributed by atoms with van der Waals surface area (Å²) < 4.78 is 22.3. The van der Waals surface area contributed by atoms with Gasteiger partial charge in [-0.3, -0.25) is 0 Å². The van der Waals surface area contributed by atoms with Crippen LogP contribution in [0.4, 0.5) is 4.79 Å². The van der Waals surface area contributed by atoms with Crippen LogP contribution >= 0.6 is 11.6 Å². The first-order chi connectivity index (χ1) is 12.6. The monoisotopic (exact) mass is 401 g/mol. The SMILES string of the molecule is CO[C@@H]1[C@H](C(Cl)C(=O)OC(N)=O)CC[C@]2(CO2)[C@H]1[C@@]1(C)O[C@@H]1CC=C(C)C. The van der Waals surface area contributed by atoms with Gasteiger partial charge >= 0.3 is 12.1 Å². The Morgan fingerprint density at radius 3 is 2.59 bits per heavy atom. The number of esters is 1. The Morgan fingerprint density at radius 1 is 1.41 bits per heavy atom. The molecule has 152 valence electrons. The molecule has 2 saturated heterocycles. The Bertz CT molecular complexity index is 644. The number of amides is 1. The van der Waals surface area contributed by atoms with E-state index >= 15 is 0 Å². The van der Waals surface area contributed by atoms with Crippen LogP contribution in [0.15, 0.2) is 11.6 Å². The second-order valence-corrected chi connectivity index (χ2v) is 8.65. The molecule has 7 atom stereocenters. The van der Waals surface area contributed by atoms with Crippen LogP contribution in [0.2, 0.25) is 0 Å². The molecule has 3 rings (SSSR count). The minimum Gasteiger partial charge on any atom is -0.381 e. The Kier molecular flexibility index (Phi) is 5.60. The lowest BCUT2D eigenvalue weighted by molar-refractivity contribution is -0.142. The highest BCUT2D eigenvalue weighted by molar-refractivity contribution is 6.30. The standard InChI is InChI=1S/C19H28ClNO6/c1-10(2)5-6-12-18(3,27-12)15-14(24-4)11(7-8-19(15)9-25-19)13(20)16(22)26-17(21)23/h5,11-15H,6-9H2,1-4H3,(H2,21,23)/t11-,12+,13?,14+,15+,18-,19-/m0/s1. The van der Waals surface area contributed by atoms with Gasteiger partial charge in [0.25, 0.3) is 0 Å². The average Bonchev–Trinajstić information content (AvgIpc) is 3.49. The number of carbonyl (C=O) groups excluding carboxylic acids is 2. The molecular weight excluding hydrogens is 374 g/mol. The zero-order valence-corrected chi connectivity index (χ0v) is 17.0. The number of rotatable bonds is 6. The summed E-state index contributed by atoms with van der Waals surface area (Å²) in [6.07, 6.45) is 2.92. The lowest BCUT2D eigenvalue weighted by Gasteiger charge is -2.44. The summed E-state index contributed by atoms with van der Waals surface area (Å²) in [5.74, 6) is -1.23. The molecule has 1 amide bonds. The quantitative estimate of drug-likeness (QED) is 0.241. The van der Waals surface area contributed by atoms with E-state index in [0.717, 1.165) is 12.8 Å². The first kappa shape index (κ1) is 20.6. The zero-order valence-electron chi connectivity index (χ0n) is 16.2. The second kappa shape index (κ2) is 7.35. The van der Waals surface area contributed by atoms with Gasteiger partial charge in [0, 0.05) is 18.9 Å². The van der Waals surface area contributed by atoms with Crippen molar-refractivity contribution < 1.29 is 28.5 Å². The number of halogens is 1. The molecule has 3 fully saturated rings.